The summed E-state index contributed by atoms with van der Waals surface area (Å²) >= 11 is 5.78. The molecule has 0 aliphatic heterocycles. The topological polar surface area (TPSA) is 56.0 Å². The molecule has 0 fully saturated rings. The second-order valence-electron chi connectivity index (χ2n) is 3.66. The zero-order valence-electron chi connectivity index (χ0n) is 9.06. The van der Waals surface area contributed by atoms with Crippen LogP contribution < -0.4 is 5.73 Å². The molecule has 2 aromatic rings. The first-order chi connectivity index (χ1) is 8.16. The molecule has 1 aromatic heterocycles. The average molecular weight is 247 g/mol. The highest BCUT2D eigenvalue weighted by Crippen LogP contribution is 2.14. The van der Waals surface area contributed by atoms with E-state index in [-0.39, 0.29) is 11.6 Å². The summed E-state index contributed by atoms with van der Waals surface area (Å²) in [6.45, 7) is 0. The third kappa shape index (κ3) is 2.82. The van der Waals surface area contributed by atoms with Crippen LogP contribution in [0, 0.1) is 0 Å². The molecule has 1 heterocycles. The predicted molar refractivity (Wildman–Crippen MR) is 68.1 cm³/mol. The van der Waals surface area contributed by atoms with E-state index in [4.69, 9.17) is 17.3 Å². The summed E-state index contributed by atoms with van der Waals surface area (Å²) < 4.78 is 0. The van der Waals surface area contributed by atoms with Crippen molar-refractivity contribution < 1.29 is 4.79 Å². The van der Waals surface area contributed by atoms with Crippen LogP contribution in [-0.4, -0.2) is 10.8 Å². The van der Waals surface area contributed by atoms with Crippen LogP contribution in [0.2, 0.25) is 5.02 Å². The molecule has 0 saturated carbocycles. The van der Waals surface area contributed by atoms with Crippen molar-refractivity contribution in [2.24, 2.45) is 0 Å². The number of hydrogen-bond acceptors (Lipinski definition) is 3. The Bertz CT molecular complexity index is 537. The van der Waals surface area contributed by atoms with Crippen molar-refractivity contribution >= 4 is 23.2 Å². The number of benzene rings is 1. The Morgan fingerprint density at radius 1 is 1.24 bits per heavy atom. The van der Waals surface area contributed by atoms with E-state index < -0.39 is 0 Å². The predicted octanol–water partition coefficient (Wildman–Crippen LogP) is 2.74. The lowest BCUT2D eigenvalue weighted by Crippen LogP contribution is -2.08. The van der Waals surface area contributed by atoms with Gasteiger partial charge in [-0.05, 0) is 29.8 Å². The van der Waals surface area contributed by atoms with Gasteiger partial charge in [0.25, 0.3) is 0 Å². The van der Waals surface area contributed by atoms with Crippen LogP contribution in [0.4, 0.5) is 5.82 Å². The van der Waals surface area contributed by atoms with Gasteiger partial charge in [0.2, 0.25) is 0 Å². The minimum absolute atomic E-state index is 0.0436. The van der Waals surface area contributed by atoms with Gasteiger partial charge in [0.05, 0.1) is 5.56 Å². The summed E-state index contributed by atoms with van der Waals surface area (Å²) in [5, 5.41) is 0.655. The maximum absolute atomic E-state index is 12.0. The smallest absolute Gasteiger partial charge is 0.170 e. The molecule has 17 heavy (non-hydrogen) atoms. The van der Waals surface area contributed by atoms with Crippen LogP contribution in [0.1, 0.15) is 15.9 Å². The van der Waals surface area contributed by atoms with Gasteiger partial charge in [-0.25, -0.2) is 4.98 Å². The first-order valence-corrected chi connectivity index (χ1v) is 5.53. The van der Waals surface area contributed by atoms with Gasteiger partial charge in [0.1, 0.15) is 5.82 Å². The van der Waals surface area contributed by atoms with Gasteiger partial charge in [-0.3, -0.25) is 4.79 Å². The molecule has 0 radical (unpaired) electrons. The Morgan fingerprint density at radius 3 is 2.59 bits per heavy atom. The standard InChI is InChI=1S/C13H11ClN2O/c14-10-5-3-9(4-6-10)8-12(17)11-2-1-7-16-13(11)15/h1-7H,8H2,(H2,15,16). The Labute approximate surface area is 104 Å². The zero-order chi connectivity index (χ0) is 12.3. The van der Waals surface area contributed by atoms with Gasteiger partial charge in [-0.15, -0.1) is 0 Å². The molecule has 0 amide bonds. The molecule has 86 valence electrons. The fourth-order valence-corrected chi connectivity index (χ4v) is 1.66. The fourth-order valence-electron chi connectivity index (χ4n) is 1.54. The molecule has 2 rings (SSSR count). The molecule has 0 bridgehead atoms. The summed E-state index contributed by atoms with van der Waals surface area (Å²) in [4.78, 5) is 15.9. The molecule has 2 N–H and O–H groups in total. The van der Waals surface area contributed by atoms with E-state index in [2.05, 4.69) is 4.98 Å². The number of nitrogens with two attached hydrogens (primary N) is 1. The van der Waals surface area contributed by atoms with E-state index in [1.807, 2.05) is 12.1 Å². The zero-order valence-corrected chi connectivity index (χ0v) is 9.82. The summed E-state index contributed by atoms with van der Waals surface area (Å²) in [6, 6.07) is 10.6. The molecule has 4 heteroatoms. The highest BCUT2D eigenvalue weighted by Gasteiger charge is 2.10. The van der Waals surface area contributed by atoms with Crippen molar-refractivity contribution in [1.82, 2.24) is 4.98 Å². The van der Waals surface area contributed by atoms with Gasteiger partial charge in [-0.2, -0.15) is 0 Å². The van der Waals surface area contributed by atoms with Crippen molar-refractivity contribution in [3.63, 3.8) is 0 Å². The Hall–Kier alpha value is -1.87. The number of Topliss-reactive ketones (excluding diaryl/α,β-unsaturated/α-hetero) is 1. The van der Waals surface area contributed by atoms with Crippen LogP contribution in [0.5, 0.6) is 0 Å². The van der Waals surface area contributed by atoms with E-state index >= 15 is 0 Å². The van der Waals surface area contributed by atoms with Crippen LogP contribution in [-0.2, 0) is 6.42 Å². The first kappa shape index (κ1) is 11.6. The van der Waals surface area contributed by atoms with Gasteiger partial charge in [-0.1, -0.05) is 23.7 Å². The maximum atomic E-state index is 12.0. The van der Waals surface area contributed by atoms with Crippen molar-refractivity contribution in [1.29, 1.82) is 0 Å². The van der Waals surface area contributed by atoms with Crippen LogP contribution in [0.3, 0.4) is 0 Å². The van der Waals surface area contributed by atoms with Gasteiger partial charge in [0.15, 0.2) is 5.78 Å². The SMILES string of the molecule is Nc1ncccc1C(=O)Cc1ccc(Cl)cc1. The largest absolute Gasteiger partial charge is 0.383 e. The number of aromatic nitrogens is 1. The monoisotopic (exact) mass is 246 g/mol. The molecule has 0 aliphatic rings. The lowest BCUT2D eigenvalue weighted by molar-refractivity contribution is 0.0993. The maximum Gasteiger partial charge on any atom is 0.170 e. The fraction of sp³-hybridized carbons (Fsp3) is 0.0769. The van der Waals surface area contributed by atoms with Crippen molar-refractivity contribution in [2.45, 2.75) is 6.42 Å². The van der Waals surface area contributed by atoms with Crippen molar-refractivity contribution in [3.8, 4) is 0 Å². The number of nitrogens with zero attached hydrogens (tertiary/aromatic N) is 1. The minimum atomic E-state index is -0.0436. The lowest BCUT2D eigenvalue weighted by Gasteiger charge is -2.03. The summed E-state index contributed by atoms with van der Waals surface area (Å²) in [6.07, 6.45) is 1.86. The molecule has 0 spiro atoms. The molecule has 0 aliphatic carbocycles. The van der Waals surface area contributed by atoms with Crippen LogP contribution in [0.25, 0.3) is 0 Å². The molecular formula is C13H11ClN2O. The normalized spacial score (nSPS) is 10.2. The van der Waals surface area contributed by atoms with Gasteiger partial charge >= 0.3 is 0 Å². The lowest BCUT2D eigenvalue weighted by atomic mass is 10.0. The molecule has 3 nitrogen and oxygen atoms in total. The number of pyridine rings is 1. The van der Waals surface area contributed by atoms with Gasteiger partial charge in [0, 0.05) is 17.6 Å². The third-order valence-electron chi connectivity index (χ3n) is 2.42. The van der Waals surface area contributed by atoms with E-state index in [0.717, 1.165) is 5.56 Å². The third-order valence-corrected chi connectivity index (χ3v) is 2.67. The summed E-state index contributed by atoms with van der Waals surface area (Å²) in [5.41, 5.74) is 7.01. The molecule has 0 atom stereocenters. The van der Waals surface area contributed by atoms with E-state index in [1.54, 1.807) is 30.5 Å². The highest BCUT2D eigenvalue weighted by atomic mass is 35.5. The Morgan fingerprint density at radius 2 is 1.94 bits per heavy atom. The number of halogens is 1. The molecule has 0 saturated heterocycles. The molecular weight excluding hydrogens is 236 g/mol. The minimum Gasteiger partial charge on any atom is -0.383 e. The van der Waals surface area contributed by atoms with Crippen molar-refractivity contribution in [3.05, 3.63) is 58.7 Å². The van der Waals surface area contributed by atoms with E-state index in [0.29, 0.717) is 17.0 Å². The summed E-state index contributed by atoms with van der Waals surface area (Å²) in [7, 11) is 0. The number of anilines is 1. The summed E-state index contributed by atoms with van der Waals surface area (Å²) in [5.74, 6) is 0.226. The van der Waals surface area contributed by atoms with Crippen molar-refractivity contribution in [2.75, 3.05) is 5.73 Å². The number of nitrogen functional groups attached to an aromatic ring is 1. The average Bonchev–Trinajstić information content (AvgIpc) is 2.32. The van der Waals surface area contributed by atoms with Gasteiger partial charge < -0.3 is 5.73 Å². The van der Waals surface area contributed by atoms with Crippen LogP contribution in [0.15, 0.2) is 42.6 Å². The Kier molecular flexibility index (Phi) is 3.40. The van der Waals surface area contributed by atoms with Crippen LogP contribution >= 0.6 is 11.6 Å². The number of carbonyl (C=O) groups excluding carboxylic acids is 1. The highest BCUT2D eigenvalue weighted by molar-refractivity contribution is 6.30. The van der Waals surface area contributed by atoms with E-state index in [9.17, 15) is 4.79 Å². The molecule has 0 unspecified atom stereocenters. The van der Waals surface area contributed by atoms with E-state index in [1.165, 1.54) is 0 Å². The first-order valence-electron chi connectivity index (χ1n) is 5.15. The number of hydrogen-bond donors (Lipinski definition) is 1. The number of carbonyl (C=O) groups is 1. The number of ketones is 1. The molecule has 1 aromatic carbocycles. The second kappa shape index (κ2) is 4.97. The Balaban J connectivity index is 2.17. The quantitative estimate of drug-likeness (QED) is 0.848. The number of rotatable bonds is 3. The second-order valence-corrected chi connectivity index (χ2v) is 4.10.